The first-order chi connectivity index (χ1) is 5.81. The Morgan fingerprint density at radius 2 is 2.00 bits per heavy atom. The van der Waals surface area contributed by atoms with Crippen LogP contribution in [0, 0.1) is 0 Å². The van der Waals surface area contributed by atoms with E-state index in [1.807, 2.05) is 13.1 Å². The fraction of sp³-hybridized carbons (Fsp3) is 0.545. The first-order valence-corrected chi connectivity index (χ1v) is 4.52. The molecule has 0 unspecified atom stereocenters. The third-order valence-electron chi connectivity index (χ3n) is 1.59. The minimum Gasteiger partial charge on any atom is -0.293 e. The van der Waals surface area contributed by atoms with Crippen molar-refractivity contribution in [1.82, 2.24) is 0 Å². The maximum absolute atomic E-state index is 4.16. The molecule has 1 heteroatoms. The van der Waals surface area contributed by atoms with Crippen molar-refractivity contribution in [2.75, 3.05) is 6.54 Å². The lowest BCUT2D eigenvalue weighted by molar-refractivity contribution is 1.01. The second-order valence-corrected chi connectivity index (χ2v) is 2.80. The van der Waals surface area contributed by atoms with Gasteiger partial charge in [0.2, 0.25) is 0 Å². The van der Waals surface area contributed by atoms with E-state index in [1.54, 1.807) is 0 Å². The molecule has 0 fully saturated rings. The van der Waals surface area contributed by atoms with Crippen LogP contribution >= 0.6 is 0 Å². The molecule has 0 bridgehead atoms. The predicted molar refractivity (Wildman–Crippen MR) is 56.8 cm³/mol. The van der Waals surface area contributed by atoms with Crippen LogP contribution in [0.2, 0.25) is 0 Å². The molecule has 0 amide bonds. The molecule has 0 aromatic rings. The van der Waals surface area contributed by atoms with Gasteiger partial charge in [0.05, 0.1) is 6.54 Å². The molecule has 0 spiro atoms. The summed E-state index contributed by atoms with van der Waals surface area (Å²) in [5.41, 5.74) is 1.36. The van der Waals surface area contributed by atoms with Gasteiger partial charge in [0.1, 0.15) is 0 Å². The number of hydrogen-bond acceptors (Lipinski definition) is 1. The first kappa shape index (κ1) is 11.2. The van der Waals surface area contributed by atoms with Crippen molar-refractivity contribution in [1.29, 1.82) is 0 Å². The summed E-state index contributed by atoms with van der Waals surface area (Å²) in [4.78, 5) is 4.16. The molecule has 0 radical (unpaired) electrons. The van der Waals surface area contributed by atoms with Crippen LogP contribution in [0.15, 0.2) is 28.8 Å². The Kier molecular flexibility index (Phi) is 7.66. The van der Waals surface area contributed by atoms with E-state index in [-0.39, 0.29) is 0 Å². The van der Waals surface area contributed by atoms with Crippen LogP contribution in [0.1, 0.15) is 33.6 Å². The summed E-state index contributed by atoms with van der Waals surface area (Å²) in [5, 5.41) is 0. The van der Waals surface area contributed by atoms with Gasteiger partial charge in [-0.15, -0.1) is 0 Å². The van der Waals surface area contributed by atoms with E-state index in [0.29, 0.717) is 0 Å². The Labute approximate surface area is 75.9 Å². The summed E-state index contributed by atoms with van der Waals surface area (Å²) in [6.45, 7) is 6.99. The molecule has 12 heavy (non-hydrogen) atoms. The lowest BCUT2D eigenvalue weighted by atomic mass is 10.2. The van der Waals surface area contributed by atoms with Crippen LogP contribution in [-0.4, -0.2) is 12.8 Å². The average Bonchev–Trinajstić information content (AvgIpc) is 2.09. The van der Waals surface area contributed by atoms with Crippen LogP contribution in [-0.2, 0) is 0 Å². The number of hydrogen-bond donors (Lipinski definition) is 0. The van der Waals surface area contributed by atoms with Gasteiger partial charge >= 0.3 is 0 Å². The minimum absolute atomic E-state index is 0.854. The molecule has 68 valence electrons. The van der Waals surface area contributed by atoms with Gasteiger partial charge in [-0.1, -0.05) is 23.8 Å². The highest BCUT2D eigenvalue weighted by molar-refractivity contribution is 5.53. The molecule has 0 aromatic heterocycles. The highest BCUT2D eigenvalue weighted by Gasteiger charge is 1.84. The molecule has 0 aliphatic rings. The smallest absolute Gasteiger partial charge is 0.0592 e. The van der Waals surface area contributed by atoms with Gasteiger partial charge in [0.15, 0.2) is 0 Å². The molecule has 0 atom stereocenters. The molecule has 0 heterocycles. The van der Waals surface area contributed by atoms with Crippen molar-refractivity contribution in [3.63, 3.8) is 0 Å². The Hall–Kier alpha value is -0.850. The molecule has 1 nitrogen and oxygen atoms in total. The van der Waals surface area contributed by atoms with Gasteiger partial charge in [0.25, 0.3) is 0 Å². The molecule has 0 saturated carbocycles. The number of rotatable bonds is 5. The maximum atomic E-state index is 4.16. The molecular formula is C11H19N. The van der Waals surface area contributed by atoms with E-state index in [2.05, 4.69) is 37.1 Å². The van der Waals surface area contributed by atoms with Gasteiger partial charge in [-0.25, -0.2) is 0 Å². The second-order valence-electron chi connectivity index (χ2n) is 2.80. The van der Waals surface area contributed by atoms with Crippen molar-refractivity contribution in [3.8, 4) is 0 Å². The lowest BCUT2D eigenvalue weighted by Gasteiger charge is -1.94. The molecular weight excluding hydrogens is 146 g/mol. The number of aliphatic imine (C=N–C) groups is 1. The molecule has 0 N–H and O–H groups in total. The van der Waals surface area contributed by atoms with Crippen molar-refractivity contribution < 1.29 is 0 Å². The van der Waals surface area contributed by atoms with Crippen LogP contribution in [0.3, 0.4) is 0 Å². The van der Waals surface area contributed by atoms with E-state index >= 15 is 0 Å². The third-order valence-corrected chi connectivity index (χ3v) is 1.59. The van der Waals surface area contributed by atoms with Crippen LogP contribution in [0.5, 0.6) is 0 Å². The predicted octanol–water partition coefficient (Wildman–Crippen LogP) is 3.38. The van der Waals surface area contributed by atoms with Crippen LogP contribution in [0.4, 0.5) is 0 Å². The summed E-state index contributed by atoms with van der Waals surface area (Å²) in [5.74, 6) is 0. The zero-order valence-corrected chi connectivity index (χ0v) is 8.38. The van der Waals surface area contributed by atoms with Gasteiger partial charge in [-0.2, -0.15) is 0 Å². The zero-order chi connectivity index (χ0) is 9.23. The van der Waals surface area contributed by atoms with E-state index in [1.165, 1.54) is 5.57 Å². The van der Waals surface area contributed by atoms with Gasteiger partial charge in [0, 0.05) is 0 Å². The summed E-state index contributed by atoms with van der Waals surface area (Å²) >= 11 is 0. The second kappa shape index (κ2) is 8.25. The molecule has 0 saturated heterocycles. The molecule has 0 rings (SSSR count). The fourth-order valence-electron chi connectivity index (χ4n) is 0.892. The van der Waals surface area contributed by atoms with Crippen molar-refractivity contribution >= 4 is 6.21 Å². The monoisotopic (exact) mass is 165 g/mol. The Morgan fingerprint density at radius 3 is 2.58 bits per heavy atom. The Morgan fingerprint density at radius 1 is 1.25 bits per heavy atom. The lowest BCUT2D eigenvalue weighted by Crippen LogP contribution is -1.82. The van der Waals surface area contributed by atoms with E-state index in [4.69, 9.17) is 0 Å². The number of unbranched alkanes of at least 4 members (excludes halogenated alkanes) is 1. The third kappa shape index (κ3) is 7.26. The summed E-state index contributed by atoms with van der Waals surface area (Å²) in [7, 11) is 0. The zero-order valence-electron chi connectivity index (χ0n) is 8.38. The standard InChI is InChI=1S/C11H19N/c1-4-6-7-8-9-11(3)10-12-5-2/h4-6,9H,7-8,10H2,1-3H3/b6-4-,11-9+,12-5?. The van der Waals surface area contributed by atoms with E-state index in [0.717, 1.165) is 19.4 Å². The largest absolute Gasteiger partial charge is 0.293 e. The molecule has 0 aliphatic carbocycles. The number of nitrogens with zero attached hydrogens (tertiary/aromatic N) is 1. The van der Waals surface area contributed by atoms with Crippen LogP contribution in [0.25, 0.3) is 0 Å². The highest BCUT2D eigenvalue weighted by Crippen LogP contribution is 1.99. The van der Waals surface area contributed by atoms with Gasteiger partial charge in [-0.3, -0.25) is 4.99 Å². The SMILES string of the molecule is CC=NC/C(C)=C/CC/C=C\C. The number of allylic oxidation sites excluding steroid dienone is 3. The van der Waals surface area contributed by atoms with Gasteiger partial charge < -0.3 is 0 Å². The van der Waals surface area contributed by atoms with Crippen molar-refractivity contribution in [2.24, 2.45) is 4.99 Å². The maximum Gasteiger partial charge on any atom is 0.0592 e. The summed E-state index contributed by atoms with van der Waals surface area (Å²) in [6.07, 6.45) is 10.7. The molecule has 0 aromatic carbocycles. The average molecular weight is 165 g/mol. The van der Waals surface area contributed by atoms with Gasteiger partial charge in [-0.05, 0) is 39.8 Å². The highest BCUT2D eigenvalue weighted by atomic mass is 14.7. The quantitative estimate of drug-likeness (QED) is 0.336. The van der Waals surface area contributed by atoms with Crippen molar-refractivity contribution in [3.05, 3.63) is 23.8 Å². The minimum atomic E-state index is 0.854. The molecule has 0 aliphatic heterocycles. The Balaban J connectivity index is 3.54. The van der Waals surface area contributed by atoms with Crippen LogP contribution < -0.4 is 0 Å². The normalized spacial score (nSPS) is 13.4. The topological polar surface area (TPSA) is 12.4 Å². The summed E-state index contributed by atoms with van der Waals surface area (Å²) in [6, 6.07) is 0. The Bertz CT molecular complexity index is 175. The fourth-order valence-corrected chi connectivity index (χ4v) is 0.892. The van der Waals surface area contributed by atoms with E-state index in [9.17, 15) is 0 Å². The first-order valence-electron chi connectivity index (χ1n) is 4.52. The van der Waals surface area contributed by atoms with Crippen molar-refractivity contribution in [2.45, 2.75) is 33.6 Å². The summed E-state index contributed by atoms with van der Waals surface area (Å²) < 4.78 is 0. The van der Waals surface area contributed by atoms with E-state index < -0.39 is 0 Å².